The highest BCUT2D eigenvalue weighted by molar-refractivity contribution is 5.16. The lowest BCUT2D eigenvalue weighted by Gasteiger charge is -2.46. The molecule has 1 unspecified atom stereocenters. The second kappa shape index (κ2) is 5.77. The van der Waals surface area contributed by atoms with Crippen LogP contribution in [0.4, 0.5) is 0 Å². The van der Waals surface area contributed by atoms with Crippen LogP contribution in [-0.4, -0.2) is 49.5 Å². The van der Waals surface area contributed by atoms with Gasteiger partial charge >= 0.3 is 0 Å². The van der Waals surface area contributed by atoms with E-state index in [4.69, 9.17) is 24.7 Å². The van der Waals surface area contributed by atoms with Gasteiger partial charge in [0.1, 0.15) is 18.3 Å². The van der Waals surface area contributed by atoms with Crippen molar-refractivity contribution in [2.45, 2.75) is 36.9 Å². The van der Waals surface area contributed by atoms with Gasteiger partial charge < -0.3 is 29.8 Å². The number of aliphatic hydroxyl groups is 1. The smallest absolute Gasteiger partial charge is 0.184 e. The van der Waals surface area contributed by atoms with Crippen molar-refractivity contribution in [1.82, 2.24) is 0 Å². The standard InChI is InChI=1S/C14H19NO5/c1-17-14-10(15)11(16)12-9(19-14)7-18-13(20-12)8-5-3-2-4-6-8/h2-6,9-14,16H,7,15H2,1H3/t9-,10+,11+,12-,13?,14-/m1/s1. The van der Waals surface area contributed by atoms with E-state index in [1.807, 2.05) is 30.3 Å². The third-order valence-corrected chi connectivity index (χ3v) is 3.72. The summed E-state index contributed by atoms with van der Waals surface area (Å²) in [4.78, 5) is 0. The van der Waals surface area contributed by atoms with E-state index in [2.05, 4.69) is 0 Å². The summed E-state index contributed by atoms with van der Waals surface area (Å²) in [5.74, 6) is 0. The topological polar surface area (TPSA) is 83.2 Å². The van der Waals surface area contributed by atoms with Crippen LogP contribution in [-0.2, 0) is 18.9 Å². The lowest BCUT2D eigenvalue weighted by molar-refractivity contribution is -0.339. The van der Waals surface area contributed by atoms with E-state index in [1.54, 1.807) is 0 Å². The van der Waals surface area contributed by atoms with Gasteiger partial charge in [-0.3, -0.25) is 0 Å². The highest BCUT2D eigenvalue weighted by Gasteiger charge is 2.48. The Kier molecular flexibility index (Phi) is 4.02. The number of fused-ring (bicyclic) bond motifs is 1. The highest BCUT2D eigenvalue weighted by Crippen LogP contribution is 2.33. The number of ether oxygens (including phenoxy) is 4. The number of aliphatic hydroxyl groups excluding tert-OH is 1. The van der Waals surface area contributed by atoms with Crippen LogP contribution in [0.1, 0.15) is 11.9 Å². The molecule has 6 nitrogen and oxygen atoms in total. The quantitative estimate of drug-likeness (QED) is 0.803. The Morgan fingerprint density at radius 3 is 2.70 bits per heavy atom. The molecule has 0 radical (unpaired) electrons. The molecule has 3 N–H and O–H groups in total. The van der Waals surface area contributed by atoms with E-state index in [9.17, 15) is 5.11 Å². The fourth-order valence-corrected chi connectivity index (χ4v) is 2.60. The van der Waals surface area contributed by atoms with Gasteiger partial charge in [0.2, 0.25) is 0 Å². The Labute approximate surface area is 117 Å². The number of hydrogen-bond acceptors (Lipinski definition) is 6. The molecule has 1 aromatic carbocycles. The van der Waals surface area contributed by atoms with Gasteiger partial charge in [-0.25, -0.2) is 0 Å². The molecule has 3 rings (SSSR count). The van der Waals surface area contributed by atoms with Crippen LogP contribution in [0.2, 0.25) is 0 Å². The molecule has 2 saturated heterocycles. The average Bonchev–Trinajstić information content (AvgIpc) is 2.51. The molecule has 2 aliphatic rings. The Morgan fingerprint density at radius 2 is 2.00 bits per heavy atom. The van der Waals surface area contributed by atoms with Crippen LogP contribution >= 0.6 is 0 Å². The number of methoxy groups -OCH3 is 1. The third-order valence-electron chi connectivity index (χ3n) is 3.72. The molecule has 6 heteroatoms. The number of rotatable bonds is 2. The molecule has 2 heterocycles. The van der Waals surface area contributed by atoms with Gasteiger partial charge in [0.25, 0.3) is 0 Å². The normalized spacial score (nSPS) is 41.1. The van der Waals surface area contributed by atoms with Crippen LogP contribution in [0.25, 0.3) is 0 Å². The van der Waals surface area contributed by atoms with Gasteiger partial charge in [-0.2, -0.15) is 0 Å². The van der Waals surface area contributed by atoms with Crippen molar-refractivity contribution in [1.29, 1.82) is 0 Å². The predicted molar refractivity (Wildman–Crippen MR) is 69.7 cm³/mol. The number of hydrogen-bond donors (Lipinski definition) is 2. The van der Waals surface area contributed by atoms with Crippen molar-refractivity contribution in [3.05, 3.63) is 35.9 Å². The van der Waals surface area contributed by atoms with Crippen LogP contribution in [0.15, 0.2) is 30.3 Å². The molecular formula is C14H19NO5. The minimum Gasteiger partial charge on any atom is -0.388 e. The van der Waals surface area contributed by atoms with E-state index in [1.165, 1.54) is 7.11 Å². The van der Waals surface area contributed by atoms with E-state index < -0.39 is 30.8 Å². The maximum Gasteiger partial charge on any atom is 0.184 e. The fourth-order valence-electron chi connectivity index (χ4n) is 2.60. The fraction of sp³-hybridized carbons (Fsp3) is 0.571. The minimum atomic E-state index is -0.853. The Balaban J connectivity index is 1.74. The zero-order chi connectivity index (χ0) is 14.1. The Morgan fingerprint density at radius 1 is 1.25 bits per heavy atom. The zero-order valence-electron chi connectivity index (χ0n) is 11.2. The van der Waals surface area contributed by atoms with Gasteiger partial charge in [0, 0.05) is 12.7 Å². The van der Waals surface area contributed by atoms with Gasteiger partial charge in [0.05, 0.1) is 12.6 Å². The van der Waals surface area contributed by atoms with E-state index in [-0.39, 0.29) is 6.10 Å². The number of nitrogens with two attached hydrogens (primary N) is 1. The van der Waals surface area contributed by atoms with Gasteiger partial charge in [-0.15, -0.1) is 0 Å². The van der Waals surface area contributed by atoms with Crippen LogP contribution in [0.5, 0.6) is 0 Å². The van der Waals surface area contributed by atoms with Crippen molar-refractivity contribution in [3.63, 3.8) is 0 Å². The van der Waals surface area contributed by atoms with E-state index >= 15 is 0 Å². The lowest BCUT2D eigenvalue weighted by Crippen LogP contribution is -2.64. The summed E-state index contributed by atoms with van der Waals surface area (Å²) >= 11 is 0. The molecule has 1 aromatic rings. The molecule has 110 valence electrons. The van der Waals surface area contributed by atoms with Gasteiger partial charge in [0.15, 0.2) is 12.6 Å². The Hall–Kier alpha value is -1.02. The first kappa shape index (κ1) is 13.9. The average molecular weight is 281 g/mol. The first-order valence-corrected chi connectivity index (χ1v) is 6.64. The van der Waals surface area contributed by atoms with Crippen molar-refractivity contribution in [2.24, 2.45) is 5.73 Å². The maximum atomic E-state index is 10.3. The lowest BCUT2D eigenvalue weighted by atomic mass is 9.96. The second-order valence-corrected chi connectivity index (χ2v) is 5.02. The molecule has 0 amide bonds. The first-order chi connectivity index (χ1) is 9.70. The Bertz CT molecular complexity index is 440. The summed E-state index contributed by atoms with van der Waals surface area (Å²) in [6.45, 7) is 0.327. The monoisotopic (exact) mass is 281 g/mol. The van der Waals surface area contributed by atoms with Crippen molar-refractivity contribution in [3.8, 4) is 0 Å². The SMILES string of the molecule is CO[C@@H]1O[C@@H]2COC(c3ccccc3)O[C@H]2[C@@H](O)[C@@H]1N. The second-order valence-electron chi connectivity index (χ2n) is 5.02. The highest BCUT2D eigenvalue weighted by atomic mass is 16.7. The van der Waals surface area contributed by atoms with E-state index in [0.29, 0.717) is 6.61 Å². The van der Waals surface area contributed by atoms with Gasteiger partial charge in [-0.05, 0) is 0 Å². The maximum absolute atomic E-state index is 10.3. The van der Waals surface area contributed by atoms with Crippen molar-refractivity contribution < 1.29 is 24.1 Å². The van der Waals surface area contributed by atoms with Gasteiger partial charge in [-0.1, -0.05) is 30.3 Å². The molecule has 0 aromatic heterocycles. The third kappa shape index (κ3) is 2.46. The summed E-state index contributed by atoms with van der Waals surface area (Å²) in [7, 11) is 1.49. The summed E-state index contributed by atoms with van der Waals surface area (Å²) in [5, 5.41) is 10.3. The molecule has 0 aliphatic carbocycles. The van der Waals surface area contributed by atoms with Crippen molar-refractivity contribution in [2.75, 3.05) is 13.7 Å². The summed E-state index contributed by atoms with van der Waals surface area (Å²) in [6, 6.07) is 8.93. The molecule has 0 saturated carbocycles. The minimum absolute atomic E-state index is 0.327. The van der Waals surface area contributed by atoms with Crippen molar-refractivity contribution >= 4 is 0 Å². The largest absolute Gasteiger partial charge is 0.388 e. The van der Waals surface area contributed by atoms with Crippen LogP contribution < -0.4 is 5.73 Å². The number of benzene rings is 1. The first-order valence-electron chi connectivity index (χ1n) is 6.64. The summed E-state index contributed by atoms with van der Waals surface area (Å²) in [5.41, 5.74) is 6.81. The molecule has 0 bridgehead atoms. The van der Waals surface area contributed by atoms with E-state index in [0.717, 1.165) is 5.56 Å². The molecular weight excluding hydrogens is 262 g/mol. The molecule has 2 aliphatic heterocycles. The van der Waals surface area contributed by atoms with Crippen LogP contribution in [0.3, 0.4) is 0 Å². The molecule has 0 spiro atoms. The summed E-state index contributed by atoms with van der Waals surface area (Å²) < 4.78 is 22.2. The molecule has 20 heavy (non-hydrogen) atoms. The van der Waals surface area contributed by atoms with Crippen LogP contribution in [0, 0.1) is 0 Å². The molecule has 6 atom stereocenters. The zero-order valence-corrected chi connectivity index (χ0v) is 11.2. The molecule has 2 fully saturated rings. The summed E-state index contributed by atoms with van der Waals surface area (Å²) in [6.07, 6.45) is -2.91. The predicted octanol–water partition coefficient (Wildman–Crippen LogP) is 0.160.